The lowest BCUT2D eigenvalue weighted by atomic mass is 10.2. The first-order valence-electron chi connectivity index (χ1n) is 6.35. The molecule has 0 aliphatic carbocycles. The van der Waals surface area contributed by atoms with E-state index in [2.05, 4.69) is 11.8 Å². The summed E-state index contributed by atoms with van der Waals surface area (Å²) in [7, 11) is 0. The monoisotopic (exact) mass is 270 g/mol. The highest BCUT2D eigenvalue weighted by molar-refractivity contribution is 5.39. The second kappa shape index (κ2) is 7.32. The largest absolute Gasteiger partial charge is 0.489 e. The molecular formula is C17H15FO2. The number of benzene rings is 2. The Labute approximate surface area is 117 Å². The average Bonchev–Trinajstić information content (AvgIpc) is 2.46. The minimum atomic E-state index is -0.269. The van der Waals surface area contributed by atoms with Crippen LogP contribution < -0.4 is 4.74 Å². The Bertz CT molecular complexity index is 626. The lowest BCUT2D eigenvalue weighted by Crippen LogP contribution is -1.96. The summed E-state index contributed by atoms with van der Waals surface area (Å²) in [6, 6.07) is 13.7. The molecule has 2 aromatic carbocycles. The van der Waals surface area contributed by atoms with Crippen LogP contribution in [0, 0.1) is 17.7 Å². The summed E-state index contributed by atoms with van der Waals surface area (Å²) in [4.78, 5) is 0. The van der Waals surface area contributed by atoms with Gasteiger partial charge in [0.2, 0.25) is 0 Å². The molecule has 0 heterocycles. The maximum absolute atomic E-state index is 13.0. The summed E-state index contributed by atoms with van der Waals surface area (Å²) in [5, 5.41) is 8.67. The van der Waals surface area contributed by atoms with Crippen LogP contribution in [0.2, 0.25) is 0 Å². The van der Waals surface area contributed by atoms with Crippen molar-refractivity contribution in [2.75, 3.05) is 6.61 Å². The van der Waals surface area contributed by atoms with Crippen LogP contribution in [0.25, 0.3) is 0 Å². The first kappa shape index (κ1) is 14.1. The minimum Gasteiger partial charge on any atom is -0.489 e. The molecule has 2 rings (SSSR count). The molecule has 0 fully saturated rings. The third kappa shape index (κ3) is 4.42. The van der Waals surface area contributed by atoms with Crippen molar-refractivity contribution in [3.63, 3.8) is 0 Å². The van der Waals surface area contributed by atoms with E-state index in [-0.39, 0.29) is 12.4 Å². The van der Waals surface area contributed by atoms with Crippen molar-refractivity contribution in [2.45, 2.75) is 13.0 Å². The molecule has 3 heteroatoms. The van der Waals surface area contributed by atoms with Crippen LogP contribution in [-0.2, 0) is 6.61 Å². The van der Waals surface area contributed by atoms with E-state index >= 15 is 0 Å². The second-order valence-corrected chi connectivity index (χ2v) is 4.22. The van der Waals surface area contributed by atoms with Gasteiger partial charge >= 0.3 is 0 Å². The maximum atomic E-state index is 13.0. The number of rotatable bonds is 4. The summed E-state index contributed by atoms with van der Waals surface area (Å²) in [6.07, 6.45) is 0.453. The van der Waals surface area contributed by atoms with Gasteiger partial charge in [-0.3, -0.25) is 0 Å². The highest BCUT2D eigenvalue weighted by Gasteiger charge is 1.98. The Morgan fingerprint density at radius 3 is 2.75 bits per heavy atom. The van der Waals surface area contributed by atoms with Crippen LogP contribution in [0.3, 0.4) is 0 Å². The van der Waals surface area contributed by atoms with Gasteiger partial charge in [0, 0.05) is 12.0 Å². The van der Waals surface area contributed by atoms with E-state index in [4.69, 9.17) is 9.84 Å². The van der Waals surface area contributed by atoms with E-state index in [1.807, 2.05) is 30.3 Å². The Hall–Kier alpha value is -2.31. The molecule has 2 aromatic rings. The van der Waals surface area contributed by atoms with Gasteiger partial charge in [-0.2, -0.15) is 0 Å². The van der Waals surface area contributed by atoms with Crippen LogP contribution in [0.1, 0.15) is 17.5 Å². The summed E-state index contributed by atoms with van der Waals surface area (Å²) in [6.45, 7) is 0.369. The summed E-state index contributed by atoms with van der Waals surface area (Å²) >= 11 is 0. The Balaban J connectivity index is 2.00. The van der Waals surface area contributed by atoms with E-state index in [1.54, 1.807) is 6.07 Å². The molecule has 0 amide bonds. The van der Waals surface area contributed by atoms with Gasteiger partial charge in [-0.05, 0) is 35.9 Å². The molecule has 0 atom stereocenters. The third-order valence-corrected chi connectivity index (χ3v) is 2.60. The number of ether oxygens (including phenoxy) is 1. The smallest absolute Gasteiger partial charge is 0.123 e. The normalized spacial score (nSPS) is 9.70. The van der Waals surface area contributed by atoms with Gasteiger partial charge in [0.15, 0.2) is 0 Å². The maximum Gasteiger partial charge on any atom is 0.123 e. The predicted molar refractivity (Wildman–Crippen MR) is 75.8 cm³/mol. The van der Waals surface area contributed by atoms with Crippen molar-refractivity contribution < 1.29 is 14.2 Å². The first-order chi connectivity index (χ1) is 9.78. The SMILES string of the molecule is OCCC#Cc1cccc(OCc2cccc(F)c2)c1. The van der Waals surface area contributed by atoms with E-state index in [0.29, 0.717) is 18.8 Å². The van der Waals surface area contributed by atoms with Crippen LogP contribution in [-0.4, -0.2) is 11.7 Å². The predicted octanol–water partition coefficient (Wildman–Crippen LogP) is 3.14. The Kier molecular flexibility index (Phi) is 5.16. The van der Waals surface area contributed by atoms with Gasteiger partial charge in [-0.1, -0.05) is 30.0 Å². The molecule has 0 unspecified atom stereocenters. The lowest BCUT2D eigenvalue weighted by molar-refractivity contribution is 0.305. The summed E-state index contributed by atoms with van der Waals surface area (Å²) < 4.78 is 18.6. The molecule has 0 bridgehead atoms. The van der Waals surface area contributed by atoms with Gasteiger partial charge in [-0.15, -0.1) is 0 Å². The summed E-state index contributed by atoms with van der Waals surface area (Å²) in [5.41, 5.74) is 1.61. The molecule has 0 aliphatic heterocycles. The molecule has 20 heavy (non-hydrogen) atoms. The van der Waals surface area contributed by atoms with Crippen LogP contribution in [0.5, 0.6) is 5.75 Å². The quantitative estimate of drug-likeness (QED) is 0.865. The number of aliphatic hydroxyl groups is 1. The number of hydrogen-bond donors (Lipinski definition) is 1. The molecule has 102 valence electrons. The van der Waals surface area contributed by atoms with Crippen molar-refractivity contribution in [3.05, 3.63) is 65.5 Å². The molecule has 0 spiro atoms. The van der Waals surface area contributed by atoms with Gasteiger partial charge in [0.1, 0.15) is 18.2 Å². The summed E-state index contributed by atoms with van der Waals surface area (Å²) in [5.74, 6) is 6.21. The van der Waals surface area contributed by atoms with Crippen LogP contribution >= 0.6 is 0 Å². The lowest BCUT2D eigenvalue weighted by Gasteiger charge is -2.06. The fourth-order valence-corrected chi connectivity index (χ4v) is 1.68. The van der Waals surface area contributed by atoms with E-state index < -0.39 is 0 Å². The van der Waals surface area contributed by atoms with Crippen molar-refractivity contribution in [1.29, 1.82) is 0 Å². The molecule has 0 radical (unpaired) electrons. The van der Waals surface area contributed by atoms with Gasteiger partial charge in [-0.25, -0.2) is 4.39 Å². The van der Waals surface area contributed by atoms with E-state index in [0.717, 1.165) is 11.1 Å². The zero-order valence-corrected chi connectivity index (χ0v) is 11.0. The molecular weight excluding hydrogens is 255 g/mol. The first-order valence-corrected chi connectivity index (χ1v) is 6.35. The number of halogens is 1. The number of hydrogen-bond acceptors (Lipinski definition) is 2. The van der Waals surface area contributed by atoms with Crippen LogP contribution in [0.4, 0.5) is 4.39 Å². The van der Waals surface area contributed by atoms with Crippen molar-refractivity contribution >= 4 is 0 Å². The van der Waals surface area contributed by atoms with E-state index in [1.165, 1.54) is 12.1 Å². The number of aliphatic hydroxyl groups excluding tert-OH is 1. The third-order valence-electron chi connectivity index (χ3n) is 2.60. The van der Waals surface area contributed by atoms with Crippen molar-refractivity contribution in [2.24, 2.45) is 0 Å². The van der Waals surface area contributed by atoms with Crippen molar-refractivity contribution in [1.82, 2.24) is 0 Å². The van der Waals surface area contributed by atoms with Gasteiger partial charge in [0.25, 0.3) is 0 Å². The molecule has 2 nitrogen and oxygen atoms in total. The molecule has 0 saturated carbocycles. The average molecular weight is 270 g/mol. The topological polar surface area (TPSA) is 29.5 Å². The highest BCUT2D eigenvalue weighted by Crippen LogP contribution is 2.15. The van der Waals surface area contributed by atoms with Gasteiger partial charge in [0.05, 0.1) is 6.61 Å². The van der Waals surface area contributed by atoms with E-state index in [9.17, 15) is 4.39 Å². The molecule has 0 aliphatic rings. The van der Waals surface area contributed by atoms with Gasteiger partial charge < -0.3 is 9.84 Å². The zero-order chi connectivity index (χ0) is 14.2. The second-order valence-electron chi connectivity index (χ2n) is 4.22. The standard InChI is InChI=1S/C17H15FO2/c18-16-8-3-7-15(11-16)13-20-17-9-4-6-14(12-17)5-1-2-10-19/h3-4,6-9,11-12,19H,2,10,13H2. The molecule has 0 aromatic heterocycles. The molecule has 0 saturated heterocycles. The fourth-order valence-electron chi connectivity index (χ4n) is 1.68. The minimum absolute atomic E-state index is 0.0583. The molecule has 1 N–H and O–H groups in total. The Morgan fingerprint density at radius 2 is 1.95 bits per heavy atom. The Morgan fingerprint density at radius 1 is 1.10 bits per heavy atom. The van der Waals surface area contributed by atoms with Crippen LogP contribution in [0.15, 0.2) is 48.5 Å². The highest BCUT2D eigenvalue weighted by atomic mass is 19.1. The van der Waals surface area contributed by atoms with Crippen molar-refractivity contribution in [3.8, 4) is 17.6 Å². The zero-order valence-electron chi connectivity index (χ0n) is 11.0. The fraction of sp³-hybridized carbons (Fsp3) is 0.176.